The van der Waals surface area contributed by atoms with E-state index in [-0.39, 0.29) is 22.2 Å². The maximum Gasteiger partial charge on any atom is 0.282 e. The van der Waals surface area contributed by atoms with Crippen LogP contribution in [0.3, 0.4) is 0 Å². The summed E-state index contributed by atoms with van der Waals surface area (Å²) in [7, 11) is 0. The van der Waals surface area contributed by atoms with Crippen LogP contribution in [0.15, 0.2) is 30.3 Å². The average molecular weight is 293 g/mol. The molecular weight excluding hydrogens is 284 g/mol. The molecule has 0 aliphatic heterocycles. The Bertz CT molecular complexity index is 673. The van der Waals surface area contributed by atoms with Crippen LogP contribution in [-0.4, -0.2) is 21.0 Å². The molecule has 0 unspecified atom stereocenters. The summed E-state index contributed by atoms with van der Waals surface area (Å²) in [4.78, 5) is 22.4. The molecule has 1 N–H and O–H groups in total. The summed E-state index contributed by atoms with van der Waals surface area (Å²) in [6, 6.07) is 7.20. The number of hydrogen-bond donors (Lipinski definition) is 1. The van der Waals surface area contributed by atoms with Gasteiger partial charge in [0, 0.05) is 6.07 Å². The van der Waals surface area contributed by atoms with Crippen LogP contribution in [0.25, 0.3) is 0 Å². The molecule has 2 rings (SSSR count). The molecule has 1 heterocycles. The molecule has 102 valence electrons. The highest BCUT2D eigenvalue weighted by Crippen LogP contribution is 2.21. The zero-order chi connectivity index (χ0) is 14.7. The minimum absolute atomic E-state index is 0.0354. The van der Waals surface area contributed by atoms with Gasteiger partial charge in [-0.05, 0) is 30.7 Å². The Morgan fingerprint density at radius 1 is 1.30 bits per heavy atom. The first kappa shape index (κ1) is 13.9. The summed E-state index contributed by atoms with van der Waals surface area (Å²) in [6.07, 6.45) is 0. The Kier molecular flexibility index (Phi) is 3.90. The summed E-state index contributed by atoms with van der Waals surface area (Å²) in [5, 5.41) is 20.8. The minimum atomic E-state index is -0.628. The van der Waals surface area contributed by atoms with Gasteiger partial charge >= 0.3 is 0 Å². The van der Waals surface area contributed by atoms with E-state index >= 15 is 0 Å². The quantitative estimate of drug-likeness (QED) is 0.692. The van der Waals surface area contributed by atoms with Crippen molar-refractivity contribution in [1.82, 2.24) is 10.2 Å². The summed E-state index contributed by atoms with van der Waals surface area (Å²) in [5.74, 6) is -0.466. The van der Waals surface area contributed by atoms with Gasteiger partial charge in [0.05, 0.1) is 4.92 Å². The van der Waals surface area contributed by atoms with Crippen LogP contribution in [-0.2, 0) is 0 Å². The number of halogens is 1. The van der Waals surface area contributed by atoms with Gasteiger partial charge in [0.15, 0.2) is 11.0 Å². The molecular formula is C12H9ClN4O3. The van der Waals surface area contributed by atoms with Crippen molar-refractivity contribution in [3.8, 4) is 0 Å². The number of nitrogens with one attached hydrogen (secondary N) is 1. The molecule has 8 heteroatoms. The average Bonchev–Trinajstić information content (AvgIpc) is 2.41. The lowest BCUT2D eigenvalue weighted by Crippen LogP contribution is -2.15. The summed E-state index contributed by atoms with van der Waals surface area (Å²) in [6.45, 7) is 1.74. The fourth-order valence-corrected chi connectivity index (χ4v) is 1.66. The molecule has 2 aromatic rings. The second-order valence-electron chi connectivity index (χ2n) is 3.97. The molecule has 0 radical (unpaired) electrons. The summed E-state index contributed by atoms with van der Waals surface area (Å²) in [5.41, 5.74) is 0.435. The third-order valence-corrected chi connectivity index (χ3v) is 2.67. The van der Waals surface area contributed by atoms with Gasteiger partial charge in [-0.15, -0.1) is 10.2 Å². The lowest BCUT2D eigenvalue weighted by atomic mass is 10.1. The van der Waals surface area contributed by atoms with Gasteiger partial charge in [-0.1, -0.05) is 17.7 Å². The number of aromatic nitrogens is 2. The lowest BCUT2D eigenvalue weighted by molar-refractivity contribution is -0.385. The van der Waals surface area contributed by atoms with E-state index in [2.05, 4.69) is 15.5 Å². The fourth-order valence-electron chi connectivity index (χ4n) is 1.56. The van der Waals surface area contributed by atoms with Gasteiger partial charge < -0.3 is 5.32 Å². The van der Waals surface area contributed by atoms with Crippen molar-refractivity contribution in [3.05, 3.63) is 56.7 Å². The highest BCUT2D eigenvalue weighted by Gasteiger charge is 2.20. The number of carbonyl (C=O) groups is 1. The van der Waals surface area contributed by atoms with Crippen molar-refractivity contribution in [3.63, 3.8) is 0 Å². The Labute approximate surface area is 118 Å². The minimum Gasteiger partial charge on any atom is -0.305 e. The van der Waals surface area contributed by atoms with Crippen LogP contribution in [0, 0.1) is 17.0 Å². The SMILES string of the molecule is Cc1ccc([N+](=O)[O-])c(C(=O)Nc2ccc(Cl)nn2)c1. The van der Waals surface area contributed by atoms with E-state index in [1.165, 1.54) is 24.3 Å². The van der Waals surface area contributed by atoms with Crippen LogP contribution in [0.1, 0.15) is 15.9 Å². The molecule has 1 amide bonds. The second kappa shape index (κ2) is 5.62. The molecule has 0 atom stereocenters. The van der Waals surface area contributed by atoms with Crippen LogP contribution in [0.2, 0.25) is 5.15 Å². The molecule has 20 heavy (non-hydrogen) atoms. The number of amides is 1. The number of rotatable bonds is 3. The largest absolute Gasteiger partial charge is 0.305 e. The Morgan fingerprint density at radius 3 is 2.65 bits per heavy atom. The van der Waals surface area contributed by atoms with Gasteiger partial charge in [0.25, 0.3) is 11.6 Å². The predicted molar refractivity (Wildman–Crippen MR) is 72.8 cm³/mol. The number of nitro benzene ring substituents is 1. The number of anilines is 1. The predicted octanol–water partition coefficient (Wildman–Crippen LogP) is 2.60. The molecule has 0 spiro atoms. The zero-order valence-corrected chi connectivity index (χ0v) is 11.1. The smallest absolute Gasteiger partial charge is 0.282 e. The Balaban J connectivity index is 2.31. The van der Waals surface area contributed by atoms with Gasteiger partial charge in [0.2, 0.25) is 0 Å². The molecule has 0 saturated heterocycles. The second-order valence-corrected chi connectivity index (χ2v) is 4.36. The van der Waals surface area contributed by atoms with Gasteiger partial charge in [-0.3, -0.25) is 14.9 Å². The van der Waals surface area contributed by atoms with Crippen molar-refractivity contribution in [2.45, 2.75) is 6.92 Å². The van der Waals surface area contributed by atoms with E-state index in [9.17, 15) is 14.9 Å². The third kappa shape index (κ3) is 3.07. The highest BCUT2D eigenvalue weighted by molar-refractivity contribution is 6.29. The van der Waals surface area contributed by atoms with E-state index in [1.807, 2.05) is 0 Å². The molecule has 7 nitrogen and oxygen atoms in total. The van der Waals surface area contributed by atoms with Gasteiger partial charge in [-0.2, -0.15) is 0 Å². The highest BCUT2D eigenvalue weighted by atomic mass is 35.5. The standard InChI is InChI=1S/C12H9ClN4O3/c1-7-2-3-9(17(19)20)8(6-7)12(18)14-11-5-4-10(13)15-16-11/h2-6H,1H3,(H,14,16,18). The monoisotopic (exact) mass is 292 g/mol. The van der Waals surface area contributed by atoms with Crippen LogP contribution < -0.4 is 5.32 Å². The van der Waals surface area contributed by atoms with Crippen molar-refractivity contribution >= 4 is 29.0 Å². The molecule has 0 bridgehead atoms. The number of carbonyl (C=O) groups excluding carboxylic acids is 1. The topological polar surface area (TPSA) is 98.0 Å². The van der Waals surface area contributed by atoms with E-state index in [4.69, 9.17) is 11.6 Å². The van der Waals surface area contributed by atoms with E-state index in [0.29, 0.717) is 0 Å². The Hall–Kier alpha value is -2.54. The molecule has 1 aromatic heterocycles. The number of nitro groups is 1. The van der Waals surface area contributed by atoms with Crippen LogP contribution in [0.5, 0.6) is 0 Å². The van der Waals surface area contributed by atoms with E-state index < -0.39 is 10.8 Å². The van der Waals surface area contributed by atoms with Crippen LogP contribution in [0.4, 0.5) is 11.5 Å². The molecule has 0 aliphatic carbocycles. The van der Waals surface area contributed by atoms with Crippen molar-refractivity contribution < 1.29 is 9.72 Å². The van der Waals surface area contributed by atoms with Crippen molar-refractivity contribution in [2.24, 2.45) is 0 Å². The van der Waals surface area contributed by atoms with E-state index in [0.717, 1.165) is 5.56 Å². The fraction of sp³-hybridized carbons (Fsp3) is 0.0833. The summed E-state index contributed by atoms with van der Waals surface area (Å²) >= 11 is 5.58. The first-order chi connectivity index (χ1) is 9.47. The molecule has 0 fully saturated rings. The normalized spacial score (nSPS) is 10.1. The lowest BCUT2D eigenvalue weighted by Gasteiger charge is -2.05. The van der Waals surface area contributed by atoms with Crippen LogP contribution >= 0.6 is 11.6 Å². The maximum atomic E-state index is 12.1. The number of nitrogens with zero attached hydrogens (tertiary/aromatic N) is 3. The van der Waals surface area contributed by atoms with Gasteiger partial charge in [-0.25, -0.2) is 0 Å². The molecule has 0 saturated carbocycles. The number of benzene rings is 1. The molecule has 0 aliphatic rings. The van der Waals surface area contributed by atoms with Gasteiger partial charge in [0.1, 0.15) is 5.56 Å². The number of aryl methyl sites for hydroxylation is 1. The van der Waals surface area contributed by atoms with E-state index in [1.54, 1.807) is 13.0 Å². The molecule has 1 aromatic carbocycles. The zero-order valence-electron chi connectivity index (χ0n) is 10.3. The first-order valence-electron chi connectivity index (χ1n) is 5.53. The summed E-state index contributed by atoms with van der Waals surface area (Å²) < 4.78 is 0. The third-order valence-electron chi connectivity index (χ3n) is 2.47. The Morgan fingerprint density at radius 2 is 2.05 bits per heavy atom. The van der Waals surface area contributed by atoms with Crippen molar-refractivity contribution in [2.75, 3.05) is 5.32 Å². The van der Waals surface area contributed by atoms with Crippen molar-refractivity contribution in [1.29, 1.82) is 0 Å². The first-order valence-corrected chi connectivity index (χ1v) is 5.91. The maximum absolute atomic E-state index is 12.1. The number of hydrogen-bond acceptors (Lipinski definition) is 5.